The summed E-state index contributed by atoms with van der Waals surface area (Å²) in [6.45, 7) is 29.7. The van der Waals surface area contributed by atoms with Gasteiger partial charge in [0.2, 0.25) is 23.6 Å². The Bertz CT molecular complexity index is 1220. The monoisotopic (exact) mass is 1070 g/mol. The molecule has 0 saturated heterocycles. The first-order valence-corrected chi connectivity index (χ1v) is 33.5. The van der Waals surface area contributed by atoms with Gasteiger partial charge in [0.15, 0.2) is 0 Å². The molecule has 4 amide bonds. The van der Waals surface area contributed by atoms with Crippen molar-refractivity contribution >= 4 is 23.6 Å². The van der Waals surface area contributed by atoms with Gasteiger partial charge in [0.05, 0.1) is 0 Å². The molecule has 2 N–H and O–H groups in total. The summed E-state index contributed by atoms with van der Waals surface area (Å²) in [5.41, 5.74) is 0. The van der Waals surface area contributed by atoms with Crippen molar-refractivity contribution in [3.63, 3.8) is 0 Å². The van der Waals surface area contributed by atoms with E-state index in [1.165, 1.54) is 167 Å². The molecule has 0 fully saturated rings. The number of nitrogens with zero attached hydrogens (tertiary/aromatic N) is 4. The molecule has 2 atom stereocenters. The first-order valence-electron chi connectivity index (χ1n) is 33.5. The second-order valence-corrected chi connectivity index (χ2v) is 23.7. The normalized spacial score (nSPS) is 12.6. The SMILES string of the molecule is CCCCCCCCCCCCCCCCCC(=O)N(CCCN(CC)CC)C(C(=O)NCCCCCCNC(=O)C(C(C)C)N(CCCN(CC)CC)C(=O)CCCCCCCCCCCCCCCCC)C(C)C. The molecule has 0 heterocycles. The molecule has 10 nitrogen and oxygen atoms in total. The van der Waals surface area contributed by atoms with Crippen LogP contribution in [-0.2, 0) is 19.2 Å². The quantitative estimate of drug-likeness (QED) is 0.0588. The zero-order chi connectivity index (χ0) is 56.3. The van der Waals surface area contributed by atoms with Gasteiger partial charge in [-0.3, -0.25) is 19.2 Å². The van der Waals surface area contributed by atoms with Crippen LogP contribution < -0.4 is 10.6 Å². The lowest BCUT2D eigenvalue weighted by Gasteiger charge is -2.34. The number of hydrogen-bond acceptors (Lipinski definition) is 6. The van der Waals surface area contributed by atoms with E-state index in [-0.39, 0.29) is 35.5 Å². The largest absolute Gasteiger partial charge is 0.354 e. The van der Waals surface area contributed by atoms with Gasteiger partial charge in [-0.2, -0.15) is 0 Å². The summed E-state index contributed by atoms with van der Waals surface area (Å²) in [5.74, 6) is 0.198. The van der Waals surface area contributed by atoms with Crippen LogP contribution in [0.2, 0.25) is 0 Å². The Labute approximate surface area is 473 Å². The average molecular weight is 1070 g/mol. The van der Waals surface area contributed by atoms with Crippen LogP contribution in [0.3, 0.4) is 0 Å². The third kappa shape index (κ3) is 40.0. The molecule has 0 bridgehead atoms. The number of nitrogens with one attached hydrogen (secondary N) is 2. The molecule has 76 heavy (non-hydrogen) atoms. The lowest BCUT2D eigenvalue weighted by atomic mass is 9.99. The number of amides is 4. The Kier molecular flexibility index (Phi) is 51.9. The molecule has 0 aliphatic heterocycles. The first kappa shape index (κ1) is 73.8. The Morgan fingerprint density at radius 1 is 0.303 bits per heavy atom. The summed E-state index contributed by atoms with van der Waals surface area (Å²) in [4.78, 5) is 64.3. The number of hydrogen-bond donors (Lipinski definition) is 2. The molecule has 0 aliphatic carbocycles. The van der Waals surface area contributed by atoms with E-state index in [2.05, 4.69) is 89.7 Å². The molecule has 2 unspecified atom stereocenters. The Hall–Kier alpha value is -2.20. The fourth-order valence-electron chi connectivity index (χ4n) is 11.3. The minimum atomic E-state index is -0.475. The van der Waals surface area contributed by atoms with E-state index < -0.39 is 12.1 Å². The van der Waals surface area contributed by atoms with Gasteiger partial charge in [-0.25, -0.2) is 0 Å². The average Bonchev–Trinajstić information content (AvgIpc) is 3.40. The van der Waals surface area contributed by atoms with Crippen molar-refractivity contribution in [2.24, 2.45) is 11.8 Å². The van der Waals surface area contributed by atoms with Crippen LogP contribution in [0.4, 0.5) is 0 Å². The molecular weight excluding hydrogens is 941 g/mol. The number of rotatable bonds is 57. The highest BCUT2D eigenvalue weighted by atomic mass is 16.2. The predicted molar refractivity (Wildman–Crippen MR) is 329 cm³/mol. The Balaban J connectivity index is 5.03. The third-order valence-electron chi connectivity index (χ3n) is 16.3. The van der Waals surface area contributed by atoms with Gasteiger partial charge in [-0.15, -0.1) is 0 Å². The molecular formula is C66H132N6O4. The summed E-state index contributed by atoms with van der Waals surface area (Å²) in [5, 5.41) is 6.45. The summed E-state index contributed by atoms with van der Waals surface area (Å²) >= 11 is 0. The summed E-state index contributed by atoms with van der Waals surface area (Å²) in [6, 6.07) is -0.949. The zero-order valence-corrected chi connectivity index (χ0v) is 52.7. The second kappa shape index (κ2) is 53.4. The van der Waals surface area contributed by atoms with Gasteiger partial charge in [0, 0.05) is 39.0 Å². The molecule has 0 aliphatic rings. The van der Waals surface area contributed by atoms with E-state index in [1.54, 1.807) is 0 Å². The molecule has 0 aromatic carbocycles. The number of carbonyl (C=O) groups excluding carboxylic acids is 4. The smallest absolute Gasteiger partial charge is 0.243 e. The molecule has 450 valence electrons. The fourth-order valence-corrected chi connectivity index (χ4v) is 11.3. The van der Waals surface area contributed by atoms with Crippen LogP contribution in [0.25, 0.3) is 0 Å². The molecule has 0 aromatic heterocycles. The molecule has 0 radical (unpaired) electrons. The van der Waals surface area contributed by atoms with Gasteiger partial charge in [-0.05, 0) is 89.6 Å². The van der Waals surface area contributed by atoms with Gasteiger partial charge in [0.1, 0.15) is 12.1 Å². The van der Waals surface area contributed by atoms with E-state index in [9.17, 15) is 19.2 Å². The molecule has 0 aromatic rings. The lowest BCUT2D eigenvalue weighted by molar-refractivity contribution is -0.142. The molecule has 0 spiro atoms. The van der Waals surface area contributed by atoms with Crippen molar-refractivity contribution in [1.82, 2.24) is 30.2 Å². The van der Waals surface area contributed by atoms with E-state index in [0.717, 1.165) is 103 Å². The summed E-state index contributed by atoms with van der Waals surface area (Å²) in [6.07, 6.45) is 45.3. The van der Waals surface area contributed by atoms with Crippen molar-refractivity contribution in [3.05, 3.63) is 0 Å². The first-order chi connectivity index (χ1) is 36.9. The highest BCUT2D eigenvalue weighted by Crippen LogP contribution is 2.20. The fraction of sp³-hybridized carbons (Fsp3) is 0.939. The van der Waals surface area contributed by atoms with E-state index in [1.807, 2.05) is 9.80 Å². The van der Waals surface area contributed by atoms with Crippen molar-refractivity contribution < 1.29 is 19.2 Å². The van der Waals surface area contributed by atoms with Gasteiger partial charge >= 0.3 is 0 Å². The highest BCUT2D eigenvalue weighted by Gasteiger charge is 2.33. The summed E-state index contributed by atoms with van der Waals surface area (Å²) in [7, 11) is 0. The predicted octanol–water partition coefficient (Wildman–Crippen LogP) is 16.5. The van der Waals surface area contributed by atoms with Crippen LogP contribution in [0.5, 0.6) is 0 Å². The topological polar surface area (TPSA) is 105 Å². The Morgan fingerprint density at radius 2 is 0.539 bits per heavy atom. The minimum absolute atomic E-state index is 0.0132. The van der Waals surface area contributed by atoms with Crippen molar-refractivity contribution in [1.29, 1.82) is 0 Å². The summed E-state index contributed by atoms with van der Waals surface area (Å²) < 4.78 is 0. The standard InChI is InChI=1S/C66H132N6O4/c1-11-17-19-21-23-25-27-29-31-33-35-37-39-41-45-51-61(73)71(57-49-55-69(13-3)14-4)63(59(7)8)65(75)67-53-47-43-44-48-54-68-66(76)64(60(9)10)72(58-50-56-70(15-5)16-6)62(74)52-46-42-40-38-36-34-32-30-28-26-24-22-20-18-12-2/h59-60,63-64H,11-58H2,1-10H3,(H,67,75)(H,68,76). The van der Waals surface area contributed by atoms with Gasteiger partial charge < -0.3 is 30.2 Å². The van der Waals surface area contributed by atoms with Gasteiger partial charge in [-0.1, -0.05) is 262 Å². The van der Waals surface area contributed by atoms with Crippen LogP contribution in [0, 0.1) is 11.8 Å². The maximum Gasteiger partial charge on any atom is 0.243 e. The van der Waals surface area contributed by atoms with Crippen LogP contribution in [-0.4, -0.2) is 121 Å². The van der Waals surface area contributed by atoms with Gasteiger partial charge in [0.25, 0.3) is 0 Å². The van der Waals surface area contributed by atoms with Crippen molar-refractivity contribution in [2.75, 3.05) is 65.4 Å². The third-order valence-corrected chi connectivity index (χ3v) is 16.3. The maximum atomic E-state index is 13.9. The number of unbranched alkanes of at least 4 members (excludes halogenated alkanes) is 31. The van der Waals surface area contributed by atoms with E-state index >= 15 is 0 Å². The van der Waals surface area contributed by atoms with Crippen LogP contribution in [0.15, 0.2) is 0 Å². The highest BCUT2D eigenvalue weighted by molar-refractivity contribution is 5.88. The van der Waals surface area contributed by atoms with Crippen molar-refractivity contribution in [3.8, 4) is 0 Å². The molecule has 0 saturated carbocycles. The van der Waals surface area contributed by atoms with Crippen molar-refractivity contribution in [2.45, 2.75) is 325 Å². The Morgan fingerprint density at radius 3 is 0.776 bits per heavy atom. The lowest BCUT2D eigenvalue weighted by Crippen LogP contribution is -2.53. The maximum absolute atomic E-state index is 13.9. The minimum Gasteiger partial charge on any atom is -0.354 e. The zero-order valence-electron chi connectivity index (χ0n) is 52.7. The second-order valence-electron chi connectivity index (χ2n) is 23.7. The van der Waals surface area contributed by atoms with Crippen LogP contribution in [0.1, 0.15) is 313 Å². The molecule has 0 rings (SSSR count). The number of carbonyl (C=O) groups is 4. The molecule has 10 heteroatoms. The van der Waals surface area contributed by atoms with Crippen LogP contribution >= 0.6 is 0 Å². The van der Waals surface area contributed by atoms with E-state index in [0.29, 0.717) is 39.0 Å². The van der Waals surface area contributed by atoms with E-state index in [4.69, 9.17) is 0 Å².